The Hall–Kier alpha value is -2.61. The van der Waals surface area contributed by atoms with E-state index < -0.39 is 0 Å². The Balaban J connectivity index is 1.60. The molecular weight excluding hydrogens is 416 g/mol. The first-order valence-corrected chi connectivity index (χ1v) is 11.3. The highest BCUT2D eigenvalue weighted by molar-refractivity contribution is 6.30. The average molecular weight is 447 g/mol. The van der Waals surface area contributed by atoms with E-state index in [9.17, 15) is 4.79 Å². The Kier molecular flexibility index (Phi) is 8.28. The lowest BCUT2D eigenvalue weighted by atomic mass is 9.85. The van der Waals surface area contributed by atoms with Crippen LogP contribution in [0.1, 0.15) is 52.3 Å². The number of carbonyl (C=O) groups excluding carboxylic acids is 1. The van der Waals surface area contributed by atoms with E-state index in [1.807, 2.05) is 32.9 Å². The minimum absolute atomic E-state index is 0.0365. The molecule has 2 unspecified atom stereocenters. The Morgan fingerprint density at radius 3 is 2.77 bits per heavy atom. The zero-order valence-corrected chi connectivity index (χ0v) is 19.1. The number of hydrogen-bond donors (Lipinski definition) is 3. The van der Waals surface area contributed by atoms with Gasteiger partial charge < -0.3 is 20.5 Å². The van der Waals surface area contributed by atoms with Gasteiger partial charge in [-0.3, -0.25) is 4.79 Å². The normalized spacial score (nSPS) is 19.3. The number of halogens is 1. The van der Waals surface area contributed by atoms with Crippen LogP contribution in [0.15, 0.2) is 33.8 Å². The first-order chi connectivity index (χ1) is 14.9. The number of aromatic nitrogens is 2. The summed E-state index contributed by atoms with van der Waals surface area (Å²) in [6.07, 6.45) is 3.75. The summed E-state index contributed by atoms with van der Waals surface area (Å²) in [5.41, 5.74) is 0.835. The third-order valence-electron chi connectivity index (χ3n) is 5.10. The summed E-state index contributed by atoms with van der Waals surface area (Å²) >= 11 is 5.93. The van der Waals surface area contributed by atoms with E-state index >= 15 is 0 Å². The highest BCUT2D eigenvalue weighted by Gasteiger charge is 2.28. The molecule has 0 radical (unpaired) electrons. The van der Waals surface area contributed by atoms with Gasteiger partial charge in [0.1, 0.15) is 6.54 Å². The highest BCUT2D eigenvalue weighted by atomic mass is 35.5. The van der Waals surface area contributed by atoms with Crippen molar-refractivity contribution >= 4 is 23.5 Å². The maximum atomic E-state index is 12.4. The fourth-order valence-electron chi connectivity index (χ4n) is 3.66. The number of guanidine groups is 1. The van der Waals surface area contributed by atoms with E-state index in [0.29, 0.717) is 22.7 Å². The molecule has 1 aliphatic rings. The molecule has 1 aromatic carbocycles. The van der Waals surface area contributed by atoms with Crippen LogP contribution < -0.4 is 16.0 Å². The summed E-state index contributed by atoms with van der Waals surface area (Å²) in [4.78, 5) is 21.4. The molecule has 1 aromatic heterocycles. The molecule has 0 aliphatic heterocycles. The van der Waals surface area contributed by atoms with Crippen molar-refractivity contribution in [2.45, 2.75) is 65.1 Å². The Morgan fingerprint density at radius 1 is 1.29 bits per heavy atom. The van der Waals surface area contributed by atoms with Gasteiger partial charge in [-0.1, -0.05) is 23.2 Å². The molecule has 8 nitrogen and oxygen atoms in total. The minimum Gasteiger partial charge on any atom is -0.357 e. The summed E-state index contributed by atoms with van der Waals surface area (Å²) in [6, 6.07) is 7.63. The van der Waals surface area contributed by atoms with Crippen LogP contribution in [0, 0.1) is 5.92 Å². The van der Waals surface area contributed by atoms with E-state index in [1.165, 1.54) is 0 Å². The Labute approximate surface area is 188 Å². The van der Waals surface area contributed by atoms with Gasteiger partial charge in [0.25, 0.3) is 0 Å². The second-order valence-electron chi connectivity index (χ2n) is 8.08. The zero-order chi connectivity index (χ0) is 22.2. The topological polar surface area (TPSA) is 104 Å². The van der Waals surface area contributed by atoms with E-state index in [1.54, 1.807) is 12.1 Å². The molecule has 1 aliphatic carbocycles. The second kappa shape index (κ2) is 11.1. The van der Waals surface area contributed by atoms with Crippen molar-refractivity contribution in [2.75, 3.05) is 6.54 Å². The molecule has 2 aromatic rings. The lowest BCUT2D eigenvalue weighted by Gasteiger charge is -2.30. The number of amides is 1. The van der Waals surface area contributed by atoms with E-state index in [4.69, 9.17) is 16.1 Å². The molecular formula is C22H31ClN6O2. The van der Waals surface area contributed by atoms with Crippen molar-refractivity contribution in [1.29, 1.82) is 0 Å². The summed E-state index contributed by atoms with van der Waals surface area (Å²) in [6.45, 7) is 6.99. The Bertz CT molecular complexity index is 880. The molecule has 1 fully saturated rings. The highest BCUT2D eigenvalue weighted by Crippen LogP contribution is 2.25. The molecule has 3 N–H and O–H groups in total. The molecule has 168 valence electrons. The fourth-order valence-corrected chi connectivity index (χ4v) is 3.78. The van der Waals surface area contributed by atoms with Crippen molar-refractivity contribution in [3.8, 4) is 11.4 Å². The number of carbonyl (C=O) groups is 1. The molecule has 1 amide bonds. The van der Waals surface area contributed by atoms with Crippen molar-refractivity contribution in [3.05, 3.63) is 35.2 Å². The van der Waals surface area contributed by atoms with Crippen LogP contribution in [0.2, 0.25) is 5.02 Å². The third kappa shape index (κ3) is 6.95. The smallest absolute Gasteiger partial charge is 0.248 e. The third-order valence-corrected chi connectivity index (χ3v) is 5.36. The molecule has 9 heteroatoms. The molecule has 3 rings (SSSR count). The number of nitrogens with zero attached hydrogens (tertiary/aromatic N) is 3. The van der Waals surface area contributed by atoms with Crippen molar-refractivity contribution in [3.63, 3.8) is 0 Å². The van der Waals surface area contributed by atoms with Gasteiger partial charge in [-0.2, -0.15) is 4.98 Å². The van der Waals surface area contributed by atoms with Crippen LogP contribution in [0.25, 0.3) is 11.4 Å². The molecule has 0 bridgehead atoms. The van der Waals surface area contributed by atoms with Gasteiger partial charge in [-0.25, -0.2) is 4.99 Å². The minimum atomic E-state index is 0.0365. The molecule has 1 saturated carbocycles. The van der Waals surface area contributed by atoms with Crippen molar-refractivity contribution in [1.82, 2.24) is 26.1 Å². The first kappa shape index (κ1) is 23.1. The molecule has 0 spiro atoms. The first-order valence-electron chi connectivity index (χ1n) is 10.9. The predicted octanol–water partition coefficient (Wildman–Crippen LogP) is 3.53. The van der Waals surface area contributed by atoms with Gasteiger partial charge >= 0.3 is 0 Å². The molecule has 0 saturated heterocycles. The second-order valence-corrected chi connectivity index (χ2v) is 8.52. The maximum absolute atomic E-state index is 12.4. The van der Waals surface area contributed by atoms with Crippen LogP contribution in [0.4, 0.5) is 0 Å². The number of aliphatic imine (C=N–C) groups is 1. The van der Waals surface area contributed by atoms with E-state index in [2.05, 4.69) is 31.1 Å². The predicted molar refractivity (Wildman–Crippen MR) is 122 cm³/mol. The quantitative estimate of drug-likeness (QED) is 0.444. The van der Waals surface area contributed by atoms with Crippen molar-refractivity contribution in [2.24, 2.45) is 10.9 Å². The summed E-state index contributed by atoms with van der Waals surface area (Å²) in [7, 11) is 0. The lowest BCUT2D eigenvalue weighted by Crippen LogP contribution is -2.47. The molecule has 2 atom stereocenters. The van der Waals surface area contributed by atoms with Crippen LogP contribution in [0.3, 0.4) is 0 Å². The van der Waals surface area contributed by atoms with Gasteiger partial charge in [0.15, 0.2) is 5.96 Å². The average Bonchev–Trinajstić information content (AvgIpc) is 3.21. The number of rotatable bonds is 7. The van der Waals surface area contributed by atoms with Crippen LogP contribution >= 0.6 is 11.6 Å². The zero-order valence-electron chi connectivity index (χ0n) is 18.3. The molecule has 1 heterocycles. The van der Waals surface area contributed by atoms with Crippen LogP contribution in [-0.4, -0.2) is 40.6 Å². The van der Waals surface area contributed by atoms with Gasteiger partial charge in [-0.15, -0.1) is 0 Å². The van der Waals surface area contributed by atoms with Crippen molar-refractivity contribution < 1.29 is 9.32 Å². The summed E-state index contributed by atoms with van der Waals surface area (Å²) in [5.74, 6) is 1.80. The van der Waals surface area contributed by atoms with E-state index in [-0.39, 0.29) is 30.5 Å². The van der Waals surface area contributed by atoms with Crippen LogP contribution in [-0.2, 0) is 11.3 Å². The maximum Gasteiger partial charge on any atom is 0.248 e. The van der Waals surface area contributed by atoms with Gasteiger partial charge in [0, 0.05) is 35.1 Å². The number of hydrogen-bond acceptors (Lipinski definition) is 5. The number of nitrogens with one attached hydrogen (secondary N) is 3. The largest absolute Gasteiger partial charge is 0.357 e. The van der Waals surface area contributed by atoms with E-state index in [0.717, 1.165) is 37.8 Å². The van der Waals surface area contributed by atoms with Gasteiger partial charge in [-0.05, 0) is 64.3 Å². The fraction of sp³-hybridized carbons (Fsp3) is 0.545. The number of benzene rings is 1. The van der Waals surface area contributed by atoms with Gasteiger partial charge in [0.2, 0.25) is 17.6 Å². The summed E-state index contributed by atoms with van der Waals surface area (Å²) < 4.78 is 5.34. The SMILES string of the molecule is CCNC(=NCc1nc(-c2ccc(Cl)cc2)no1)NC1CCCC(C(=O)NC(C)C)C1. The lowest BCUT2D eigenvalue weighted by molar-refractivity contribution is -0.126. The van der Waals surface area contributed by atoms with Gasteiger partial charge in [0.05, 0.1) is 0 Å². The standard InChI is InChI=1S/C22H31ClN6O2/c1-4-24-22(27-18-7-5-6-16(12-18)21(30)26-14(2)3)25-13-19-28-20(29-31-19)15-8-10-17(23)11-9-15/h8-11,14,16,18H,4-7,12-13H2,1-3H3,(H,26,30)(H2,24,25,27). The Morgan fingerprint density at radius 2 is 2.06 bits per heavy atom. The monoisotopic (exact) mass is 446 g/mol. The van der Waals surface area contributed by atoms with Crippen LogP contribution in [0.5, 0.6) is 0 Å². The molecule has 31 heavy (non-hydrogen) atoms. The summed E-state index contributed by atoms with van der Waals surface area (Å²) in [5, 5.41) is 14.4.